The Morgan fingerprint density at radius 3 is 2.59 bits per heavy atom. The Bertz CT molecular complexity index is 1130. The fraction of sp³-hybridized carbons (Fsp3) is 0.174. The molecule has 0 saturated carbocycles. The molecule has 0 fully saturated rings. The molecule has 32 heavy (non-hydrogen) atoms. The van der Waals surface area contributed by atoms with Crippen molar-refractivity contribution in [3.8, 4) is 5.75 Å². The van der Waals surface area contributed by atoms with E-state index >= 15 is 0 Å². The highest BCUT2D eigenvalue weighted by molar-refractivity contribution is 6.43. The molecule has 0 unspecified atom stereocenters. The zero-order chi connectivity index (χ0) is 23.3. The summed E-state index contributed by atoms with van der Waals surface area (Å²) in [5, 5.41) is 4.96. The van der Waals surface area contributed by atoms with Gasteiger partial charge >= 0.3 is 6.18 Å². The van der Waals surface area contributed by atoms with Crippen molar-refractivity contribution in [3.05, 3.63) is 83.3 Å². The van der Waals surface area contributed by atoms with Gasteiger partial charge in [0, 0.05) is 37.0 Å². The molecule has 1 aliphatic rings. The van der Waals surface area contributed by atoms with E-state index in [9.17, 15) is 22.8 Å². The minimum absolute atomic E-state index is 0.0299. The predicted molar refractivity (Wildman–Crippen MR) is 115 cm³/mol. The molecule has 2 N–H and O–H groups in total. The lowest BCUT2D eigenvalue weighted by Gasteiger charge is -2.13. The summed E-state index contributed by atoms with van der Waals surface area (Å²) in [5.41, 5.74) is -0.348. The van der Waals surface area contributed by atoms with Crippen molar-refractivity contribution in [2.75, 3.05) is 12.4 Å². The van der Waals surface area contributed by atoms with Crippen LogP contribution in [0.25, 0.3) is 0 Å². The maximum atomic E-state index is 13.1. The third-order valence-electron chi connectivity index (χ3n) is 4.54. The Morgan fingerprint density at radius 2 is 1.88 bits per heavy atom. The third kappa shape index (κ3) is 5.63. The van der Waals surface area contributed by atoms with Gasteiger partial charge in [-0.05, 0) is 42.8 Å². The number of nitrogens with one attached hydrogen (secondary N) is 2. The van der Waals surface area contributed by atoms with Crippen LogP contribution in [0, 0.1) is 6.92 Å². The van der Waals surface area contributed by atoms with Crippen LogP contribution >= 0.6 is 0 Å². The number of aliphatic imine (C=N–C) groups is 1. The molecule has 0 atom stereocenters. The van der Waals surface area contributed by atoms with Crippen molar-refractivity contribution in [2.24, 2.45) is 4.99 Å². The number of carbonyl (C=O) groups excluding carboxylic acids is 2. The van der Waals surface area contributed by atoms with E-state index in [0.717, 1.165) is 6.07 Å². The number of nitrogens with zero attached hydrogens (tertiary/aromatic N) is 1. The minimum Gasteiger partial charge on any atom is -0.461 e. The maximum absolute atomic E-state index is 13.1. The molecule has 1 heterocycles. The van der Waals surface area contributed by atoms with E-state index in [1.54, 1.807) is 18.2 Å². The maximum Gasteiger partial charge on any atom is 0.416 e. The van der Waals surface area contributed by atoms with Gasteiger partial charge in [0.15, 0.2) is 0 Å². The molecule has 2 amide bonds. The average molecular weight is 443 g/mol. The van der Waals surface area contributed by atoms with Crippen LogP contribution in [0.2, 0.25) is 0 Å². The quantitative estimate of drug-likeness (QED) is 0.707. The summed E-state index contributed by atoms with van der Waals surface area (Å²) in [6.07, 6.45) is 0.572. The van der Waals surface area contributed by atoms with Gasteiger partial charge < -0.3 is 15.4 Å². The number of aryl methyl sites for hydroxylation is 1. The fourth-order valence-electron chi connectivity index (χ4n) is 2.93. The van der Waals surface area contributed by atoms with Gasteiger partial charge in [0.1, 0.15) is 17.2 Å². The van der Waals surface area contributed by atoms with E-state index in [2.05, 4.69) is 15.6 Å². The van der Waals surface area contributed by atoms with E-state index in [0.29, 0.717) is 17.9 Å². The van der Waals surface area contributed by atoms with Crippen LogP contribution in [0.4, 0.5) is 18.9 Å². The van der Waals surface area contributed by atoms with E-state index in [1.165, 1.54) is 50.5 Å². The topological polar surface area (TPSA) is 79.8 Å². The summed E-state index contributed by atoms with van der Waals surface area (Å²) >= 11 is 0. The summed E-state index contributed by atoms with van der Waals surface area (Å²) in [7, 11) is 1.49. The van der Waals surface area contributed by atoms with Crippen LogP contribution in [-0.4, -0.2) is 24.6 Å². The summed E-state index contributed by atoms with van der Waals surface area (Å²) in [6.45, 7) is 1.35. The standard InChI is InChI=1S/C23H20F3N3O3/c1-14-8-9-16(12-19(14)23(24,25)26)29-21(30)15-5-3-6-17(11-15)32-18-7-4-10-28-20(13-18)22(31)27-2/h3-6,8-13H,7H2,1-2H3,(H,27,31)(H,29,30). The molecular formula is C23H20F3N3O3. The van der Waals surface area contributed by atoms with Crippen molar-refractivity contribution >= 4 is 23.2 Å². The molecule has 3 rings (SSSR count). The Kier molecular flexibility index (Phi) is 6.77. The van der Waals surface area contributed by atoms with E-state index in [-0.39, 0.29) is 28.4 Å². The molecule has 0 spiro atoms. The molecule has 9 heteroatoms. The number of alkyl halides is 3. The van der Waals surface area contributed by atoms with Gasteiger partial charge in [0.05, 0.1) is 5.56 Å². The van der Waals surface area contributed by atoms with Crippen LogP contribution in [-0.2, 0) is 11.0 Å². The lowest BCUT2D eigenvalue weighted by molar-refractivity contribution is -0.138. The number of carbonyl (C=O) groups is 2. The molecule has 1 aliphatic heterocycles. The number of hydrogen-bond donors (Lipinski definition) is 2. The molecule has 0 bridgehead atoms. The van der Waals surface area contributed by atoms with Gasteiger partial charge in [-0.25, -0.2) is 0 Å². The minimum atomic E-state index is -4.52. The number of amides is 2. The van der Waals surface area contributed by atoms with E-state index in [4.69, 9.17) is 4.74 Å². The highest BCUT2D eigenvalue weighted by Crippen LogP contribution is 2.33. The molecule has 166 valence electrons. The highest BCUT2D eigenvalue weighted by atomic mass is 19.4. The number of hydrogen-bond acceptors (Lipinski definition) is 4. The van der Waals surface area contributed by atoms with Crippen molar-refractivity contribution in [2.45, 2.75) is 19.5 Å². The molecule has 2 aromatic carbocycles. The molecule has 0 saturated heterocycles. The Hall–Kier alpha value is -3.88. The number of ether oxygens (including phenoxy) is 1. The fourth-order valence-corrected chi connectivity index (χ4v) is 2.93. The largest absolute Gasteiger partial charge is 0.461 e. The average Bonchev–Trinajstić information content (AvgIpc) is 2.99. The normalized spacial score (nSPS) is 13.5. The Morgan fingerprint density at radius 1 is 1.09 bits per heavy atom. The molecular weight excluding hydrogens is 423 g/mol. The van der Waals surface area contributed by atoms with Crippen LogP contribution in [0.1, 0.15) is 27.9 Å². The van der Waals surface area contributed by atoms with Crippen LogP contribution in [0.5, 0.6) is 5.75 Å². The monoisotopic (exact) mass is 443 g/mol. The number of allylic oxidation sites excluding steroid dienone is 1. The Labute approximate surface area is 182 Å². The number of anilines is 1. The Balaban J connectivity index is 1.77. The number of benzene rings is 2. The molecule has 2 aromatic rings. The van der Waals surface area contributed by atoms with Crippen molar-refractivity contribution < 1.29 is 27.5 Å². The van der Waals surface area contributed by atoms with Gasteiger partial charge in [-0.15, -0.1) is 0 Å². The first-order valence-electron chi connectivity index (χ1n) is 9.60. The van der Waals surface area contributed by atoms with E-state index < -0.39 is 17.6 Å². The van der Waals surface area contributed by atoms with Crippen LogP contribution < -0.4 is 15.4 Å². The lowest BCUT2D eigenvalue weighted by Crippen LogP contribution is -2.26. The van der Waals surface area contributed by atoms with Gasteiger partial charge in [0.25, 0.3) is 11.8 Å². The summed E-state index contributed by atoms with van der Waals surface area (Å²) < 4.78 is 45.2. The predicted octanol–water partition coefficient (Wildman–Crippen LogP) is 4.63. The molecule has 0 aliphatic carbocycles. The second-order valence-corrected chi connectivity index (χ2v) is 6.90. The molecule has 0 radical (unpaired) electrons. The zero-order valence-corrected chi connectivity index (χ0v) is 17.3. The summed E-state index contributed by atoms with van der Waals surface area (Å²) in [6, 6.07) is 9.79. The summed E-state index contributed by atoms with van der Waals surface area (Å²) in [4.78, 5) is 28.5. The van der Waals surface area contributed by atoms with E-state index in [1.807, 2.05) is 0 Å². The second-order valence-electron chi connectivity index (χ2n) is 6.90. The van der Waals surface area contributed by atoms with Crippen LogP contribution in [0.15, 0.2) is 71.6 Å². The van der Waals surface area contributed by atoms with Gasteiger partial charge in [0.2, 0.25) is 0 Å². The number of rotatable bonds is 5. The van der Waals surface area contributed by atoms with Crippen molar-refractivity contribution in [3.63, 3.8) is 0 Å². The van der Waals surface area contributed by atoms with Gasteiger partial charge in [-0.2, -0.15) is 13.2 Å². The lowest BCUT2D eigenvalue weighted by atomic mass is 10.1. The third-order valence-corrected chi connectivity index (χ3v) is 4.54. The number of halogens is 3. The van der Waals surface area contributed by atoms with Gasteiger partial charge in [-0.1, -0.05) is 18.2 Å². The second kappa shape index (κ2) is 9.51. The molecule has 6 nitrogen and oxygen atoms in total. The first kappa shape index (κ1) is 22.8. The smallest absolute Gasteiger partial charge is 0.416 e. The first-order chi connectivity index (χ1) is 15.2. The zero-order valence-electron chi connectivity index (χ0n) is 17.3. The highest BCUT2D eigenvalue weighted by Gasteiger charge is 2.32. The first-order valence-corrected chi connectivity index (χ1v) is 9.60. The van der Waals surface area contributed by atoms with Crippen molar-refractivity contribution in [1.82, 2.24) is 5.32 Å². The van der Waals surface area contributed by atoms with Crippen molar-refractivity contribution in [1.29, 1.82) is 0 Å². The molecule has 0 aromatic heterocycles. The van der Waals surface area contributed by atoms with Crippen LogP contribution in [0.3, 0.4) is 0 Å². The SMILES string of the molecule is CNC(=O)C1=NC=CCC(Oc2cccc(C(=O)Nc3ccc(C)c(C(F)(F)F)c3)c2)=C1. The summed E-state index contributed by atoms with van der Waals surface area (Å²) in [5.74, 6) is -0.195. The van der Waals surface area contributed by atoms with Gasteiger partial charge in [-0.3, -0.25) is 14.6 Å².